The van der Waals surface area contributed by atoms with Crippen molar-refractivity contribution in [2.45, 2.75) is 58.7 Å². The molecule has 2 heterocycles. The quantitative estimate of drug-likeness (QED) is 0.412. The van der Waals surface area contributed by atoms with Crippen molar-refractivity contribution >= 4 is 23.4 Å². The van der Waals surface area contributed by atoms with Gasteiger partial charge < -0.3 is 15.0 Å². The number of hydrogen-bond acceptors (Lipinski definition) is 6. The summed E-state index contributed by atoms with van der Waals surface area (Å²) < 4.78 is 19.6. The van der Waals surface area contributed by atoms with Crippen LogP contribution in [0.25, 0.3) is 0 Å². The fourth-order valence-corrected chi connectivity index (χ4v) is 5.13. The minimum atomic E-state index is -0.952. The average molecular weight is 566 g/mol. The highest BCUT2D eigenvalue weighted by molar-refractivity contribution is 6.32. The molecule has 1 fully saturated rings. The van der Waals surface area contributed by atoms with Gasteiger partial charge in [0.1, 0.15) is 17.6 Å². The highest BCUT2D eigenvalue weighted by atomic mass is 35.5. The van der Waals surface area contributed by atoms with Crippen LogP contribution in [0.15, 0.2) is 53.3 Å². The van der Waals surface area contributed by atoms with Gasteiger partial charge in [-0.2, -0.15) is 10.4 Å². The lowest BCUT2D eigenvalue weighted by atomic mass is 9.84. The van der Waals surface area contributed by atoms with Crippen LogP contribution in [0.3, 0.4) is 0 Å². The van der Waals surface area contributed by atoms with Crippen LogP contribution in [0.2, 0.25) is 5.02 Å². The largest absolute Gasteiger partial charge is 0.450 e. The van der Waals surface area contributed by atoms with E-state index in [1.807, 2.05) is 0 Å². The number of aryl methyl sites for hydroxylation is 1. The zero-order valence-electron chi connectivity index (χ0n) is 22.5. The van der Waals surface area contributed by atoms with Crippen LogP contribution < -0.4 is 15.6 Å². The number of nitriles is 1. The maximum absolute atomic E-state index is 14.0. The number of carbonyl (C=O) groups excluding carboxylic acids is 2. The molecule has 208 valence electrons. The number of H-pyrrole nitrogens is 1. The molecular formula is C29H29ClFN5O4. The van der Waals surface area contributed by atoms with E-state index in [0.717, 1.165) is 0 Å². The van der Waals surface area contributed by atoms with E-state index in [9.17, 15) is 24.0 Å². The van der Waals surface area contributed by atoms with Crippen molar-refractivity contribution in [3.8, 4) is 17.6 Å². The van der Waals surface area contributed by atoms with Crippen LogP contribution in [-0.2, 0) is 4.79 Å². The molecule has 0 aliphatic carbocycles. The Morgan fingerprint density at radius 2 is 1.98 bits per heavy atom. The molecule has 0 saturated carbocycles. The summed E-state index contributed by atoms with van der Waals surface area (Å²) in [5.41, 5.74) is -0.0482. The van der Waals surface area contributed by atoms with Crippen LogP contribution in [0.5, 0.6) is 11.5 Å². The Kier molecular flexibility index (Phi) is 8.26. The summed E-state index contributed by atoms with van der Waals surface area (Å²) in [6.07, 6.45) is 1.12. The number of likely N-dealkylation sites (tertiary alicyclic amines) is 1. The molecule has 40 heavy (non-hydrogen) atoms. The molecule has 3 aromatic rings. The molecule has 9 nitrogen and oxygen atoms in total. The fourth-order valence-electron chi connectivity index (χ4n) is 4.91. The van der Waals surface area contributed by atoms with Gasteiger partial charge >= 0.3 is 5.56 Å². The number of nitrogens with one attached hydrogen (secondary N) is 2. The molecule has 1 aliphatic heterocycles. The number of amides is 2. The van der Waals surface area contributed by atoms with Gasteiger partial charge in [0, 0.05) is 11.6 Å². The third kappa shape index (κ3) is 6.00. The molecule has 1 aromatic heterocycles. The van der Waals surface area contributed by atoms with Crippen molar-refractivity contribution in [1.82, 2.24) is 20.4 Å². The Morgan fingerprint density at radius 1 is 1.23 bits per heavy atom. The molecule has 0 bridgehead atoms. The van der Waals surface area contributed by atoms with Crippen molar-refractivity contribution in [3.05, 3.63) is 86.5 Å². The van der Waals surface area contributed by atoms with Gasteiger partial charge in [-0.3, -0.25) is 14.4 Å². The zero-order chi connectivity index (χ0) is 29.2. The predicted molar refractivity (Wildman–Crippen MR) is 146 cm³/mol. The Labute approximate surface area is 235 Å². The Bertz CT molecular complexity index is 1550. The number of aromatic nitrogens is 2. The molecular weight excluding hydrogens is 537 g/mol. The van der Waals surface area contributed by atoms with Gasteiger partial charge in [-0.15, -0.1) is 0 Å². The normalized spacial score (nSPS) is 17.7. The third-order valence-corrected chi connectivity index (χ3v) is 7.32. The molecule has 1 aliphatic rings. The number of carbonyl (C=O) groups is 2. The predicted octanol–water partition coefficient (Wildman–Crippen LogP) is 5.06. The van der Waals surface area contributed by atoms with E-state index >= 15 is 0 Å². The second-order valence-electron chi connectivity index (χ2n) is 10.4. The van der Waals surface area contributed by atoms with Gasteiger partial charge in [0.25, 0.3) is 5.91 Å². The first-order valence-corrected chi connectivity index (χ1v) is 13.1. The summed E-state index contributed by atoms with van der Waals surface area (Å²) in [7, 11) is 0. The lowest BCUT2D eigenvalue weighted by molar-refractivity contribution is -0.137. The van der Waals surface area contributed by atoms with Crippen LogP contribution in [0.1, 0.15) is 61.3 Å². The number of aromatic amines is 1. The number of ether oxygens (including phenoxy) is 1. The SMILES string of the molecule is Cc1cc(Oc2ccc(C(=O)N[C@H](C)C(=O)N3[C@H](c4cccc(F)c4)CC[C@@H]3C(C)(C)C#N)cc2Cl)c(=O)[nH]n1. The van der Waals surface area contributed by atoms with Crippen molar-refractivity contribution in [3.63, 3.8) is 0 Å². The van der Waals surface area contributed by atoms with Crippen molar-refractivity contribution in [2.24, 2.45) is 5.41 Å². The smallest absolute Gasteiger partial charge is 0.307 e. The van der Waals surface area contributed by atoms with Crippen LogP contribution in [0, 0.1) is 29.5 Å². The van der Waals surface area contributed by atoms with E-state index in [1.165, 1.54) is 36.4 Å². The molecule has 2 amide bonds. The standard InChI is InChI=1S/C29H29ClFN5O4/c1-16-12-24(27(38)35-34-16)40-23-10-8-19(14-21(23)30)26(37)33-17(2)28(39)36-22(18-6-5-7-20(31)13-18)9-11-25(36)29(3,4)15-32/h5-8,10,12-14,17,22,25H,9,11H2,1-4H3,(H,33,37)(H,35,38)/t17-,22+,25-/m1/s1. The van der Waals surface area contributed by atoms with Gasteiger partial charge in [0.15, 0.2) is 5.75 Å². The molecule has 11 heteroatoms. The summed E-state index contributed by atoms with van der Waals surface area (Å²) in [6.45, 7) is 6.78. The topological polar surface area (TPSA) is 128 Å². The lowest BCUT2D eigenvalue weighted by Crippen LogP contribution is -2.52. The molecule has 0 unspecified atom stereocenters. The summed E-state index contributed by atoms with van der Waals surface area (Å²) in [5, 5.41) is 18.7. The summed E-state index contributed by atoms with van der Waals surface area (Å²) >= 11 is 6.33. The van der Waals surface area contributed by atoms with E-state index in [4.69, 9.17) is 16.3 Å². The van der Waals surface area contributed by atoms with E-state index in [-0.39, 0.29) is 28.0 Å². The van der Waals surface area contributed by atoms with Crippen LogP contribution >= 0.6 is 11.6 Å². The second-order valence-corrected chi connectivity index (χ2v) is 10.8. The molecule has 2 aromatic carbocycles. The maximum Gasteiger partial charge on any atom is 0.307 e. The zero-order valence-corrected chi connectivity index (χ0v) is 23.3. The van der Waals surface area contributed by atoms with Crippen molar-refractivity contribution in [1.29, 1.82) is 5.26 Å². The summed E-state index contributed by atoms with van der Waals surface area (Å²) in [6, 6.07) is 12.3. The van der Waals surface area contributed by atoms with Gasteiger partial charge in [0.2, 0.25) is 5.91 Å². The highest BCUT2D eigenvalue weighted by Crippen LogP contribution is 2.43. The number of hydrogen-bond donors (Lipinski definition) is 2. The maximum atomic E-state index is 14.0. The van der Waals surface area contributed by atoms with E-state index in [1.54, 1.807) is 44.7 Å². The molecule has 1 saturated heterocycles. The highest BCUT2D eigenvalue weighted by Gasteiger charge is 2.46. The number of rotatable bonds is 7. The minimum Gasteiger partial charge on any atom is -0.450 e. The van der Waals surface area contributed by atoms with Gasteiger partial charge in [-0.1, -0.05) is 23.7 Å². The first kappa shape index (κ1) is 28.8. The van der Waals surface area contributed by atoms with Crippen LogP contribution in [0.4, 0.5) is 4.39 Å². The monoisotopic (exact) mass is 565 g/mol. The van der Waals surface area contributed by atoms with E-state index in [0.29, 0.717) is 24.1 Å². The molecule has 4 rings (SSSR count). The summed E-state index contributed by atoms with van der Waals surface area (Å²) in [5.74, 6) is -1.19. The molecule has 3 atom stereocenters. The molecule has 2 N–H and O–H groups in total. The molecule has 0 radical (unpaired) electrons. The third-order valence-electron chi connectivity index (χ3n) is 7.02. The lowest BCUT2D eigenvalue weighted by Gasteiger charge is -2.38. The fraction of sp³-hybridized carbons (Fsp3) is 0.345. The minimum absolute atomic E-state index is 0.000803. The van der Waals surface area contributed by atoms with Gasteiger partial charge in [-0.05, 0) is 76.4 Å². The van der Waals surface area contributed by atoms with Crippen molar-refractivity contribution < 1.29 is 18.7 Å². The second kappa shape index (κ2) is 11.5. The Morgan fingerprint density at radius 3 is 2.65 bits per heavy atom. The Hall–Kier alpha value is -4.23. The number of halogens is 2. The number of nitrogens with zero attached hydrogens (tertiary/aromatic N) is 3. The first-order chi connectivity index (χ1) is 18.9. The van der Waals surface area contributed by atoms with Gasteiger partial charge in [-0.25, -0.2) is 9.49 Å². The molecule has 0 spiro atoms. The van der Waals surface area contributed by atoms with Crippen molar-refractivity contribution in [2.75, 3.05) is 0 Å². The van der Waals surface area contributed by atoms with Gasteiger partial charge in [0.05, 0.1) is 34.3 Å². The Balaban J connectivity index is 1.53. The van der Waals surface area contributed by atoms with E-state index < -0.39 is 40.8 Å². The average Bonchev–Trinajstić information content (AvgIpc) is 3.37. The first-order valence-electron chi connectivity index (χ1n) is 12.7. The summed E-state index contributed by atoms with van der Waals surface area (Å²) in [4.78, 5) is 40.4. The number of benzene rings is 2. The van der Waals surface area contributed by atoms with Crippen LogP contribution in [-0.4, -0.2) is 39.0 Å². The van der Waals surface area contributed by atoms with E-state index in [2.05, 4.69) is 21.6 Å².